The van der Waals surface area contributed by atoms with Crippen molar-refractivity contribution in [3.05, 3.63) is 47.5 Å². The van der Waals surface area contributed by atoms with E-state index in [9.17, 15) is 4.79 Å². The summed E-state index contributed by atoms with van der Waals surface area (Å²) < 4.78 is 16.0. The monoisotopic (exact) mass is 341 g/mol. The van der Waals surface area contributed by atoms with Crippen molar-refractivity contribution in [1.29, 1.82) is 0 Å². The number of methoxy groups -OCH3 is 3. The van der Waals surface area contributed by atoms with Gasteiger partial charge in [-0.15, -0.1) is 0 Å². The number of rotatable bonds is 5. The number of aryl methyl sites for hydroxylation is 1. The highest BCUT2D eigenvalue weighted by Crippen LogP contribution is 2.40. The highest BCUT2D eigenvalue weighted by Gasteiger charge is 2.26. The van der Waals surface area contributed by atoms with Crippen LogP contribution in [-0.4, -0.2) is 27.2 Å². The Bertz CT molecular complexity index is 747. The molecule has 5 nitrogen and oxygen atoms in total. The third-order valence-electron chi connectivity index (χ3n) is 4.62. The highest BCUT2D eigenvalue weighted by atomic mass is 16.5. The van der Waals surface area contributed by atoms with Crippen LogP contribution in [0.15, 0.2) is 36.4 Å². The molecule has 0 fully saturated rings. The lowest BCUT2D eigenvalue weighted by Gasteiger charge is -2.25. The van der Waals surface area contributed by atoms with Crippen LogP contribution < -0.4 is 19.5 Å². The van der Waals surface area contributed by atoms with Crippen LogP contribution in [0, 0.1) is 0 Å². The minimum atomic E-state index is -0.135. The second-order valence-electron chi connectivity index (χ2n) is 6.05. The van der Waals surface area contributed by atoms with Gasteiger partial charge < -0.3 is 19.5 Å². The Kier molecular flexibility index (Phi) is 5.12. The van der Waals surface area contributed by atoms with Gasteiger partial charge in [0, 0.05) is 17.8 Å². The van der Waals surface area contributed by atoms with Crippen molar-refractivity contribution in [2.75, 3.05) is 26.6 Å². The fraction of sp³-hybridized carbons (Fsp3) is 0.350. The molecule has 0 saturated carbocycles. The number of benzene rings is 2. The number of carbonyl (C=O) groups is 1. The van der Waals surface area contributed by atoms with Gasteiger partial charge in [0.1, 0.15) is 0 Å². The molecule has 2 aromatic carbocycles. The number of hydrogen-bond donors (Lipinski definition) is 1. The molecule has 0 bridgehead atoms. The van der Waals surface area contributed by atoms with E-state index in [1.54, 1.807) is 33.5 Å². The molecule has 1 aliphatic carbocycles. The lowest BCUT2D eigenvalue weighted by Crippen LogP contribution is -2.24. The van der Waals surface area contributed by atoms with Gasteiger partial charge >= 0.3 is 0 Å². The first-order chi connectivity index (χ1) is 12.2. The van der Waals surface area contributed by atoms with Gasteiger partial charge in [-0.05, 0) is 30.4 Å². The summed E-state index contributed by atoms with van der Waals surface area (Å²) in [4.78, 5) is 12.9. The predicted octanol–water partition coefficient (Wildman–Crippen LogP) is 3.77. The summed E-state index contributed by atoms with van der Waals surface area (Å²) in [7, 11) is 4.66. The molecule has 0 saturated heterocycles. The van der Waals surface area contributed by atoms with E-state index >= 15 is 0 Å². The van der Waals surface area contributed by atoms with E-state index in [1.165, 1.54) is 5.56 Å². The molecule has 0 radical (unpaired) electrons. The molecule has 1 aliphatic rings. The third-order valence-corrected chi connectivity index (χ3v) is 4.62. The summed E-state index contributed by atoms with van der Waals surface area (Å²) in [5, 5.41) is 3.00. The van der Waals surface area contributed by atoms with Crippen LogP contribution >= 0.6 is 0 Å². The largest absolute Gasteiger partial charge is 0.493 e. The molecular formula is C20H23NO4. The topological polar surface area (TPSA) is 56.8 Å². The molecule has 0 heterocycles. The number of amides is 1. The average Bonchev–Trinajstić information content (AvgIpc) is 2.66. The fourth-order valence-electron chi connectivity index (χ4n) is 3.41. The van der Waals surface area contributed by atoms with Gasteiger partial charge in [0.05, 0.1) is 27.2 Å². The zero-order chi connectivity index (χ0) is 17.8. The zero-order valence-corrected chi connectivity index (χ0v) is 14.8. The molecule has 3 rings (SSSR count). The molecule has 1 amide bonds. The van der Waals surface area contributed by atoms with E-state index in [0.717, 1.165) is 24.8 Å². The van der Waals surface area contributed by atoms with Crippen LogP contribution in [0.2, 0.25) is 0 Å². The molecule has 0 unspecified atom stereocenters. The summed E-state index contributed by atoms with van der Waals surface area (Å²) in [6.07, 6.45) is 2.90. The molecular weight excluding hydrogens is 318 g/mol. The predicted molar refractivity (Wildman–Crippen MR) is 96.8 cm³/mol. The van der Waals surface area contributed by atoms with Crippen molar-refractivity contribution < 1.29 is 19.0 Å². The number of hydrogen-bond acceptors (Lipinski definition) is 4. The van der Waals surface area contributed by atoms with Gasteiger partial charge in [-0.3, -0.25) is 4.79 Å². The molecule has 0 aliphatic heterocycles. The van der Waals surface area contributed by atoms with Crippen LogP contribution in [-0.2, 0) is 11.2 Å². The second-order valence-corrected chi connectivity index (χ2v) is 6.05. The summed E-state index contributed by atoms with van der Waals surface area (Å²) in [6.45, 7) is 0. The molecule has 0 aromatic heterocycles. The van der Waals surface area contributed by atoms with Gasteiger partial charge in [0.2, 0.25) is 11.7 Å². The standard InChI is InChI=1S/C20H23NO4/c1-23-17-11-14(12-18(24-2)19(17)25-3)21-20(22)16-10-6-8-13-7-4-5-9-15(13)16/h4-5,7,9,11-12,16H,6,8,10H2,1-3H3,(H,21,22)/t16-/m0/s1. The van der Waals surface area contributed by atoms with Crippen LogP contribution in [0.4, 0.5) is 5.69 Å². The smallest absolute Gasteiger partial charge is 0.231 e. The number of nitrogens with one attached hydrogen (secondary N) is 1. The van der Waals surface area contributed by atoms with Crippen molar-refractivity contribution in [2.24, 2.45) is 0 Å². The summed E-state index contributed by atoms with van der Waals surface area (Å²) in [5.74, 6) is 1.39. The molecule has 132 valence electrons. The number of ether oxygens (including phenoxy) is 3. The van der Waals surface area contributed by atoms with E-state index in [2.05, 4.69) is 11.4 Å². The van der Waals surface area contributed by atoms with Crippen LogP contribution in [0.1, 0.15) is 29.9 Å². The van der Waals surface area contributed by atoms with E-state index in [-0.39, 0.29) is 11.8 Å². The summed E-state index contributed by atoms with van der Waals surface area (Å²) in [5.41, 5.74) is 3.01. The van der Waals surface area contributed by atoms with Crippen molar-refractivity contribution in [3.63, 3.8) is 0 Å². The maximum atomic E-state index is 12.9. The fourth-order valence-corrected chi connectivity index (χ4v) is 3.41. The van der Waals surface area contributed by atoms with Crippen molar-refractivity contribution in [3.8, 4) is 17.2 Å². The first-order valence-corrected chi connectivity index (χ1v) is 8.36. The van der Waals surface area contributed by atoms with Gasteiger partial charge in [0.15, 0.2) is 11.5 Å². The molecule has 1 atom stereocenters. The Labute approximate surface area is 147 Å². The molecule has 0 spiro atoms. The van der Waals surface area contributed by atoms with Crippen LogP contribution in [0.3, 0.4) is 0 Å². The Morgan fingerprint density at radius 2 is 1.72 bits per heavy atom. The molecule has 5 heteroatoms. The van der Waals surface area contributed by atoms with Crippen LogP contribution in [0.5, 0.6) is 17.2 Å². The number of fused-ring (bicyclic) bond motifs is 1. The van der Waals surface area contributed by atoms with Gasteiger partial charge in [-0.25, -0.2) is 0 Å². The lowest BCUT2D eigenvalue weighted by molar-refractivity contribution is -0.117. The van der Waals surface area contributed by atoms with Crippen molar-refractivity contribution >= 4 is 11.6 Å². The Hall–Kier alpha value is -2.69. The number of carbonyl (C=O) groups excluding carboxylic acids is 1. The molecule has 2 aromatic rings. The summed E-state index contributed by atoms with van der Waals surface area (Å²) >= 11 is 0. The van der Waals surface area contributed by atoms with E-state index in [4.69, 9.17) is 14.2 Å². The van der Waals surface area contributed by atoms with E-state index in [0.29, 0.717) is 22.9 Å². The maximum Gasteiger partial charge on any atom is 0.231 e. The highest BCUT2D eigenvalue weighted by molar-refractivity contribution is 5.96. The van der Waals surface area contributed by atoms with E-state index in [1.807, 2.05) is 18.2 Å². The van der Waals surface area contributed by atoms with Crippen LogP contribution in [0.25, 0.3) is 0 Å². The normalized spacial score (nSPS) is 15.9. The average molecular weight is 341 g/mol. The van der Waals surface area contributed by atoms with Gasteiger partial charge in [-0.2, -0.15) is 0 Å². The Morgan fingerprint density at radius 1 is 1.04 bits per heavy atom. The third kappa shape index (κ3) is 3.40. The first-order valence-electron chi connectivity index (χ1n) is 8.36. The maximum absolute atomic E-state index is 12.9. The molecule has 25 heavy (non-hydrogen) atoms. The molecule has 1 N–H and O–H groups in total. The van der Waals surface area contributed by atoms with E-state index < -0.39 is 0 Å². The number of anilines is 1. The van der Waals surface area contributed by atoms with Gasteiger partial charge in [-0.1, -0.05) is 24.3 Å². The minimum Gasteiger partial charge on any atom is -0.493 e. The van der Waals surface area contributed by atoms with Gasteiger partial charge in [0.25, 0.3) is 0 Å². The quantitative estimate of drug-likeness (QED) is 0.899. The summed E-state index contributed by atoms with van der Waals surface area (Å²) in [6, 6.07) is 11.7. The first kappa shape index (κ1) is 17.1. The zero-order valence-electron chi connectivity index (χ0n) is 14.8. The minimum absolute atomic E-state index is 0.0126. The van der Waals surface area contributed by atoms with Crippen molar-refractivity contribution in [2.45, 2.75) is 25.2 Å². The second kappa shape index (κ2) is 7.47. The Morgan fingerprint density at radius 3 is 2.36 bits per heavy atom. The SMILES string of the molecule is COc1cc(NC(=O)[C@H]2CCCc3ccccc32)cc(OC)c1OC. The lowest BCUT2D eigenvalue weighted by atomic mass is 9.82. The Balaban J connectivity index is 1.87. The van der Waals surface area contributed by atoms with Crippen molar-refractivity contribution in [1.82, 2.24) is 0 Å².